The molecule has 0 atom stereocenters. The van der Waals surface area contributed by atoms with Gasteiger partial charge in [0.15, 0.2) is 0 Å². The van der Waals surface area contributed by atoms with Crippen molar-refractivity contribution in [2.45, 2.75) is 20.4 Å². The van der Waals surface area contributed by atoms with Gasteiger partial charge in [-0.25, -0.2) is 9.97 Å². The molecule has 0 saturated carbocycles. The van der Waals surface area contributed by atoms with Gasteiger partial charge in [0.2, 0.25) is 5.95 Å². The molecule has 0 aliphatic carbocycles. The summed E-state index contributed by atoms with van der Waals surface area (Å²) in [6.45, 7) is 4.24. The Morgan fingerprint density at radius 2 is 1.62 bits per heavy atom. The summed E-state index contributed by atoms with van der Waals surface area (Å²) in [6, 6.07) is 24.5. The van der Waals surface area contributed by atoms with Crippen LogP contribution in [0.4, 0.5) is 5.95 Å². The molecule has 5 rings (SSSR count). The van der Waals surface area contributed by atoms with E-state index in [-0.39, 0.29) is 17.4 Å². The zero-order chi connectivity index (χ0) is 23.7. The molecule has 0 saturated heterocycles. The third kappa shape index (κ3) is 3.88. The second-order valence-corrected chi connectivity index (χ2v) is 8.02. The van der Waals surface area contributed by atoms with Gasteiger partial charge in [-0.3, -0.25) is 25.0 Å². The Bertz CT molecular complexity index is 1590. The molecule has 5 aromatic rings. The van der Waals surface area contributed by atoms with E-state index in [2.05, 4.69) is 15.8 Å². The highest BCUT2D eigenvalue weighted by atomic mass is 16.2. The van der Waals surface area contributed by atoms with Crippen molar-refractivity contribution in [3.8, 4) is 11.3 Å². The summed E-state index contributed by atoms with van der Waals surface area (Å²) in [6.07, 6.45) is 0. The fourth-order valence-electron chi connectivity index (χ4n) is 4.02. The van der Waals surface area contributed by atoms with E-state index in [1.54, 1.807) is 24.3 Å². The van der Waals surface area contributed by atoms with Crippen molar-refractivity contribution in [3.05, 3.63) is 100 Å². The Morgan fingerprint density at radius 3 is 2.41 bits per heavy atom. The van der Waals surface area contributed by atoms with Crippen LogP contribution in [0.15, 0.2) is 83.7 Å². The largest absolute Gasteiger partial charge is 0.277 e. The summed E-state index contributed by atoms with van der Waals surface area (Å²) >= 11 is 0. The predicted octanol–water partition coefficient (Wildman–Crippen LogP) is 4.70. The second kappa shape index (κ2) is 8.78. The van der Waals surface area contributed by atoms with Crippen molar-refractivity contribution in [3.63, 3.8) is 0 Å². The average Bonchev–Trinajstić information content (AvgIpc) is 2.87. The number of amides is 1. The number of carbonyl (C=O) groups excluding carboxylic acids is 1. The maximum Gasteiger partial charge on any atom is 0.270 e. The molecule has 3 aromatic carbocycles. The number of fused-ring (bicyclic) bond motifs is 2. The van der Waals surface area contributed by atoms with Crippen LogP contribution in [-0.4, -0.2) is 20.4 Å². The lowest BCUT2D eigenvalue weighted by Crippen LogP contribution is -2.34. The van der Waals surface area contributed by atoms with Crippen molar-refractivity contribution in [1.82, 2.24) is 20.0 Å². The molecular weight excluding hydrogens is 426 g/mol. The lowest BCUT2D eigenvalue weighted by Gasteiger charge is -2.15. The first kappa shape index (κ1) is 21.3. The molecule has 2 aromatic heterocycles. The SMILES string of the molecule is CCn1c(NNC(=O)c2cc(-c3ccccc3)nc3ccc(C)cc23)nc2ccccc2c1=O. The highest BCUT2D eigenvalue weighted by Crippen LogP contribution is 2.25. The molecule has 0 aliphatic heterocycles. The molecule has 0 spiro atoms. The van der Waals surface area contributed by atoms with E-state index in [1.807, 2.05) is 68.4 Å². The van der Waals surface area contributed by atoms with Crippen molar-refractivity contribution in [2.24, 2.45) is 0 Å². The van der Waals surface area contributed by atoms with Gasteiger partial charge in [0.05, 0.1) is 27.7 Å². The fourth-order valence-corrected chi connectivity index (χ4v) is 4.02. The molecule has 2 N–H and O–H groups in total. The number of aromatic nitrogens is 3. The van der Waals surface area contributed by atoms with Gasteiger partial charge in [0, 0.05) is 17.5 Å². The molecule has 0 radical (unpaired) electrons. The first-order chi connectivity index (χ1) is 16.5. The Labute approximate surface area is 196 Å². The van der Waals surface area contributed by atoms with Gasteiger partial charge >= 0.3 is 0 Å². The average molecular weight is 450 g/mol. The number of carbonyl (C=O) groups is 1. The van der Waals surface area contributed by atoms with Crippen LogP contribution < -0.4 is 16.4 Å². The number of pyridine rings is 1. The number of nitrogens with one attached hydrogen (secondary N) is 2. The third-order valence-electron chi connectivity index (χ3n) is 5.74. The summed E-state index contributed by atoms with van der Waals surface area (Å²) in [4.78, 5) is 35.5. The molecule has 34 heavy (non-hydrogen) atoms. The number of aryl methyl sites for hydroxylation is 1. The summed E-state index contributed by atoms with van der Waals surface area (Å²) in [5.74, 6) is -0.0717. The topological polar surface area (TPSA) is 88.9 Å². The van der Waals surface area contributed by atoms with Gasteiger partial charge in [-0.15, -0.1) is 0 Å². The zero-order valence-electron chi connectivity index (χ0n) is 18.9. The summed E-state index contributed by atoms with van der Waals surface area (Å²) < 4.78 is 1.49. The highest BCUT2D eigenvalue weighted by molar-refractivity contribution is 6.07. The van der Waals surface area contributed by atoms with E-state index in [9.17, 15) is 9.59 Å². The molecular formula is C27H23N5O2. The van der Waals surface area contributed by atoms with E-state index < -0.39 is 0 Å². The molecule has 1 amide bonds. The van der Waals surface area contributed by atoms with E-state index in [1.165, 1.54) is 4.57 Å². The van der Waals surface area contributed by atoms with Crippen molar-refractivity contribution < 1.29 is 4.79 Å². The normalized spacial score (nSPS) is 11.0. The Morgan fingerprint density at radius 1 is 0.882 bits per heavy atom. The number of nitrogens with zero attached hydrogens (tertiary/aromatic N) is 3. The summed E-state index contributed by atoms with van der Waals surface area (Å²) in [7, 11) is 0. The number of hydrogen-bond acceptors (Lipinski definition) is 5. The van der Waals surface area contributed by atoms with Gasteiger partial charge in [-0.05, 0) is 44.2 Å². The van der Waals surface area contributed by atoms with Gasteiger partial charge in [0.25, 0.3) is 11.5 Å². The molecule has 0 aliphatic rings. The van der Waals surface area contributed by atoms with Gasteiger partial charge in [-0.2, -0.15) is 0 Å². The van der Waals surface area contributed by atoms with E-state index >= 15 is 0 Å². The summed E-state index contributed by atoms with van der Waals surface area (Å²) in [5, 5.41) is 1.28. The molecule has 2 heterocycles. The number of para-hydroxylation sites is 1. The number of anilines is 1. The highest BCUT2D eigenvalue weighted by Gasteiger charge is 2.16. The van der Waals surface area contributed by atoms with Crippen LogP contribution in [0.2, 0.25) is 0 Å². The van der Waals surface area contributed by atoms with Crippen LogP contribution in [-0.2, 0) is 6.54 Å². The maximum absolute atomic E-state index is 13.4. The first-order valence-electron chi connectivity index (χ1n) is 11.1. The fraction of sp³-hybridized carbons (Fsp3) is 0.111. The predicted molar refractivity (Wildman–Crippen MR) is 135 cm³/mol. The molecule has 0 unspecified atom stereocenters. The molecule has 7 nitrogen and oxygen atoms in total. The zero-order valence-corrected chi connectivity index (χ0v) is 18.9. The number of hydrogen-bond donors (Lipinski definition) is 2. The number of rotatable bonds is 5. The van der Waals surface area contributed by atoms with Gasteiger partial charge in [-0.1, -0.05) is 54.1 Å². The second-order valence-electron chi connectivity index (χ2n) is 8.02. The van der Waals surface area contributed by atoms with Crippen molar-refractivity contribution >= 4 is 33.7 Å². The quantitative estimate of drug-likeness (QED) is 0.380. The first-order valence-corrected chi connectivity index (χ1v) is 11.1. The molecule has 168 valence electrons. The number of benzene rings is 3. The van der Waals surface area contributed by atoms with Crippen LogP contribution >= 0.6 is 0 Å². The smallest absolute Gasteiger partial charge is 0.270 e. The summed E-state index contributed by atoms with van der Waals surface area (Å²) in [5.41, 5.74) is 9.85. The molecule has 0 bridgehead atoms. The third-order valence-corrected chi connectivity index (χ3v) is 5.74. The van der Waals surface area contributed by atoms with Gasteiger partial charge < -0.3 is 0 Å². The Balaban J connectivity index is 1.54. The van der Waals surface area contributed by atoms with Crippen LogP contribution in [0.3, 0.4) is 0 Å². The maximum atomic E-state index is 13.4. The molecule has 7 heteroatoms. The number of hydrazine groups is 1. The lowest BCUT2D eigenvalue weighted by molar-refractivity contribution is 0.0963. The van der Waals surface area contributed by atoms with Crippen LogP contribution in [0.5, 0.6) is 0 Å². The van der Waals surface area contributed by atoms with E-state index in [4.69, 9.17) is 4.98 Å². The van der Waals surface area contributed by atoms with E-state index in [0.717, 1.165) is 22.0 Å². The minimum Gasteiger partial charge on any atom is -0.277 e. The monoisotopic (exact) mass is 449 g/mol. The molecule has 0 fully saturated rings. The van der Waals surface area contributed by atoms with Crippen molar-refractivity contribution in [2.75, 3.05) is 5.43 Å². The standard InChI is InChI=1S/C27H23N5O2/c1-3-32-26(34)19-11-7-8-12-22(19)29-27(32)31-30-25(33)21-16-24(18-9-5-4-6-10-18)28-23-14-13-17(2)15-20(21)23/h4-16H,3H2,1-2H3,(H,29,31)(H,30,33). The Hall–Kier alpha value is -4.52. The van der Waals surface area contributed by atoms with Crippen LogP contribution in [0.25, 0.3) is 33.1 Å². The van der Waals surface area contributed by atoms with Gasteiger partial charge in [0.1, 0.15) is 0 Å². The Kier molecular flexibility index (Phi) is 5.51. The van der Waals surface area contributed by atoms with Crippen LogP contribution in [0.1, 0.15) is 22.8 Å². The minimum atomic E-state index is -0.347. The van der Waals surface area contributed by atoms with Crippen molar-refractivity contribution in [1.29, 1.82) is 0 Å². The minimum absolute atomic E-state index is 0.166. The van der Waals surface area contributed by atoms with E-state index in [0.29, 0.717) is 28.7 Å². The lowest BCUT2D eigenvalue weighted by atomic mass is 10.0. The van der Waals surface area contributed by atoms with Crippen LogP contribution in [0, 0.1) is 6.92 Å².